The largest absolute Gasteiger partial charge is 0.480 e. The molecule has 3 rings (SSSR count). The van der Waals surface area contributed by atoms with E-state index in [0.29, 0.717) is 34.8 Å². The van der Waals surface area contributed by atoms with Crippen LogP contribution in [-0.4, -0.2) is 61.0 Å². The van der Waals surface area contributed by atoms with E-state index in [9.17, 15) is 9.90 Å². The van der Waals surface area contributed by atoms with Gasteiger partial charge in [-0.3, -0.25) is 4.79 Å². The number of aliphatic hydroxyl groups is 1. The van der Waals surface area contributed by atoms with Crippen LogP contribution in [-0.2, 0) is 15.3 Å². The zero-order valence-electron chi connectivity index (χ0n) is 14.4. The van der Waals surface area contributed by atoms with Crippen molar-refractivity contribution in [3.05, 3.63) is 18.6 Å². The number of nitrogen functional groups attached to an aromatic ring is 1. The Morgan fingerprint density at radius 2 is 2.35 bits per heavy atom. The first-order chi connectivity index (χ1) is 12.3. The fraction of sp³-hybridized carbons (Fsp3) is 0.562. The van der Waals surface area contributed by atoms with Gasteiger partial charge in [0, 0.05) is 17.9 Å². The van der Waals surface area contributed by atoms with E-state index < -0.39 is 17.7 Å². The molecule has 0 saturated carbocycles. The number of rotatable bonds is 7. The molecular formula is C16H23N5O4S. The van der Waals surface area contributed by atoms with Crippen LogP contribution in [0.5, 0.6) is 0 Å². The van der Waals surface area contributed by atoms with Crippen molar-refractivity contribution in [2.24, 2.45) is 11.7 Å². The van der Waals surface area contributed by atoms with Gasteiger partial charge in [-0.2, -0.15) is 11.8 Å². The molecule has 1 saturated heterocycles. The Hall–Kier alpha value is -1.88. The monoisotopic (exact) mass is 381 g/mol. The van der Waals surface area contributed by atoms with E-state index in [1.54, 1.807) is 28.6 Å². The molecule has 1 aliphatic rings. The molecule has 9 nitrogen and oxygen atoms in total. The molecule has 4 unspecified atom stereocenters. The quantitative estimate of drug-likeness (QED) is 0.494. The van der Waals surface area contributed by atoms with Crippen LogP contribution in [0.15, 0.2) is 18.6 Å². The molecule has 0 aromatic carbocycles. The molecule has 26 heavy (non-hydrogen) atoms. The molecule has 0 bridgehead atoms. The highest BCUT2D eigenvalue weighted by atomic mass is 32.2. The van der Waals surface area contributed by atoms with Gasteiger partial charge in [0.1, 0.15) is 23.8 Å². The van der Waals surface area contributed by atoms with Crippen LogP contribution >= 0.6 is 11.8 Å². The fourth-order valence-electron chi connectivity index (χ4n) is 3.10. The summed E-state index contributed by atoms with van der Waals surface area (Å²) in [6, 6.07) is 0.933. The number of anilines is 1. The van der Waals surface area contributed by atoms with Crippen molar-refractivity contribution < 1.29 is 19.7 Å². The number of fused-ring (bicyclic) bond motifs is 1. The number of aliphatic carboxylic acids is 1. The highest BCUT2D eigenvalue weighted by molar-refractivity contribution is 7.99. The number of thioether (sulfide) groups is 1. The smallest absolute Gasteiger partial charge is 0.320 e. The third kappa shape index (κ3) is 3.37. The number of carboxylic acids is 1. The first kappa shape index (κ1) is 18.9. The van der Waals surface area contributed by atoms with Gasteiger partial charge in [0.25, 0.3) is 0 Å². The third-order valence-electron chi connectivity index (χ3n) is 4.90. The molecule has 0 spiro atoms. The van der Waals surface area contributed by atoms with Crippen LogP contribution in [0.25, 0.3) is 11.0 Å². The van der Waals surface area contributed by atoms with Gasteiger partial charge >= 0.3 is 5.97 Å². The van der Waals surface area contributed by atoms with Crippen molar-refractivity contribution in [1.29, 1.82) is 0 Å². The Balaban J connectivity index is 1.66. The summed E-state index contributed by atoms with van der Waals surface area (Å²) >= 11 is 1.57. The fourth-order valence-corrected chi connectivity index (χ4v) is 4.31. The molecule has 2 aromatic heterocycles. The molecule has 6 N–H and O–H groups in total. The van der Waals surface area contributed by atoms with Crippen LogP contribution in [0.2, 0.25) is 0 Å². The number of nitrogens with two attached hydrogens (primary N) is 2. The van der Waals surface area contributed by atoms with Gasteiger partial charge < -0.3 is 31.0 Å². The first-order valence-electron chi connectivity index (χ1n) is 8.32. The zero-order valence-corrected chi connectivity index (χ0v) is 15.2. The first-order valence-corrected chi connectivity index (χ1v) is 9.48. The summed E-state index contributed by atoms with van der Waals surface area (Å²) in [5, 5.41) is 20.7. The summed E-state index contributed by atoms with van der Waals surface area (Å²) in [6.07, 6.45) is 3.35. The van der Waals surface area contributed by atoms with Crippen molar-refractivity contribution in [2.45, 2.75) is 31.2 Å². The summed E-state index contributed by atoms with van der Waals surface area (Å²) in [6.45, 7) is 2.07. The highest BCUT2D eigenvalue weighted by Gasteiger charge is 2.47. The Labute approximate surface area is 154 Å². The average Bonchev–Trinajstić information content (AvgIpc) is 3.16. The van der Waals surface area contributed by atoms with E-state index in [4.69, 9.17) is 21.3 Å². The summed E-state index contributed by atoms with van der Waals surface area (Å²) in [7, 11) is 0. The minimum Gasteiger partial charge on any atom is -0.480 e. The standard InChI is InChI=1S/C16H23N5O4S/c1-9-12(6-26-5-3-11(17)15(22)23)25-7-16(9,24)21-4-2-10-13(18)19-8-20-14(10)21/h2,4,8-9,11-12,24H,3,5-7,17H2,1H3,(H,22,23)(H2,18,19,20). The summed E-state index contributed by atoms with van der Waals surface area (Å²) in [5.74, 6) is 0.452. The molecule has 142 valence electrons. The normalized spacial score (nSPS) is 27.0. The maximum Gasteiger partial charge on any atom is 0.320 e. The van der Waals surface area contributed by atoms with Crippen LogP contribution < -0.4 is 11.5 Å². The van der Waals surface area contributed by atoms with Gasteiger partial charge in [0.15, 0.2) is 5.72 Å². The number of nitrogens with zero attached hydrogens (tertiary/aromatic N) is 3. The van der Waals surface area contributed by atoms with Crippen molar-refractivity contribution in [3.63, 3.8) is 0 Å². The SMILES string of the molecule is CC1C(CSCCC(N)C(=O)O)OCC1(O)n1ccc2c(N)ncnc21. The molecule has 3 heterocycles. The Bertz CT molecular complexity index is 800. The van der Waals surface area contributed by atoms with Crippen molar-refractivity contribution in [1.82, 2.24) is 14.5 Å². The van der Waals surface area contributed by atoms with E-state index in [0.717, 1.165) is 0 Å². The van der Waals surface area contributed by atoms with Crippen molar-refractivity contribution in [3.8, 4) is 0 Å². The third-order valence-corrected chi connectivity index (χ3v) is 5.99. The molecule has 10 heteroatoms. The molecule has 1 aliphatic heterocycles. The Kier molecular flexibility index (Phi) is 5.37. The minimum absolute atomic E-state index is 0.141. The Morgan fingerprint density at radius 3 is 3.08 bits per heavy atom. The van der Waals surface area contributed by atoms with Crippen LogP contribution in [0, 0.1) is 5.92 Å². The number of hydrogen-bond acceptors (Lipinski definition) is 8. The van der Waals surface area contributed by atoms with Crippen molar-refractivity contribution >= 4 is 34.6 Å². The van der Waals surface area contributed by atoms with Gasteiger partial charge in [-0.1, -0.05) is 6.92 Å². The molecule has 0 amide bonds. The highest BCUT2D eigenvalue weighted by Crippen LogP contribution is 2.38. The van der Waals surface area contributed by atoms with E-state index in [-0.39, 0.29) is 18.6 Å². The van der Waals surface area contributed by atoms with Crippen LogP contribution in [0.1, 0.15) is 13.3 Å². The lowest BCUT2D eigenvalue weighted by Gasteiger charge is -2.29. The second-order valence-corrected chi connectivity index (χ2v) is 7.66. The van der Waals surface area contributed by atoms with Gasteiger partial charge in [-0.15, -0.1) is 0 Å². The van der Waals surface area contributed by atoms with Gasteiger partial charge in [0.05, 0.1) is 18.1 Å². The minimum atomic E-state index is -1.23. The maximum absolute atomic E-state index is 11.2. The molecule has 0 radical (unpaired) electrons. The molecule has 0 aliphatic carbocycles. The van der Waals surface area contributed by atoms with Gasteiger partial charge in [-0.05, 0) is 18.2 Å². The number of carbonyl (C=O) groups is 1. The molecule has 4 atom stereocenters. The van der Waals surface area contributed by atoms with E-state index >= 15 is 0 Å². The maximum atomic E-state index is 11.2. The van der Waals surface area contributed by atoms with Gasteiger partial charge in [0.2, 0.25) is 0 Å². The number of aromatic nitrogens is 3. The number of ether oxygens (including phenoxy) is 1. The summed E-state index contributed by atoms with van der Waals surface area (Å²) in [4.78, 5) is 18.9. The lowest BCUT2D eigenvalue weighted by molar-refractivity contribution is -0.138. The number of carboxylic acid groups (broad SMARTS) is 1. The van der Waals surface area contributed by atoms with E-state index in [2.05, 4.69) is 9.97 Å². The topological polar surface area (TPSA) is 150 Å². The second-order valence-electron chi connectivity index (χ2n) is 6.51. The number of hydrogen-bond donors (Lipinski definition) is 4. The van der Waals surface area contributed by atoms with E-state index in [1.807, 2.05) is 6.92 Å². The second kappa shape index (κ2) is 7.39. The average molecular weight is 381 g/mol. The summed E-state index contributed by atoms with van der Waals surface area (Å²) < 4.78 is 7.51. The van der Waals surface area contributed by atoms with Gasteiger partial charge in [-0.25, -0.2) is 9.97 Å². The van der Waals surface area contributed by atoms with Crippen LogP contribution in [0.4, 0.5) is 5.82 Å². The molecule has 1 fully saturated rings. The van der Waals surface area contributed by atoms with Crippen molar-refractivity contribution in [2.75, 3.05) is 23.8 Å². The molecule has 2 aromatic rings. The lowest BCUT2D eigenvalue weighted by atomic mass is 9.96. The predicted octanol–water partition coefficient (Wildman–Crippen LogP) is 0.229. The molecular weight excluding hydrogens is 358 g/mol. The zero-order chi connectivity index (χ0) is 18.9. The lowest BCUT2D eigenvalue weighted by Crippen LogP contribution is -2.41. The Morgan fingerprint density at radius 1 is 1.58 bits per heavy atom. The predicted molar refractivity (Wildman–Crippen MR) is 98.6 cm³/mol. The summed E-state index contributed by atoms with van der Waals surface area (Å²) in [5.41, 5.74) is 10.7. The van der Waals surface area contributed by atoms with E-state index in [1.165, 1.54) is 6.33 Å². The van der Waals surface area contributed by atoms with Crippen LogP contribution in [0.3, 0.4) is 0 Å².